The van der Waals surface area contributed by atoms with Crippen molar-refractivity contribution in [1.29, 1.82) is 0 Å². The summed E-state index contributed by atoms with van der Waals surface area (Å²) in [7, 11) is 0. The van der Waals surface area contributed by atoms with Gasteiger partial charge in [0.05, 0.1) is 30.7 Å². The average molecular weight is 423 g/mol. The van der Waals surface area contributed by atoms with Crippen LogP contribution in [0.25, 0.3) is 11.3 Å². The fraction of sp³-hybridized carbons (Fsp3) is 0.261. The molecule has 2 aromatic carbocycles. The van der Waals surface area contributed by atoms with Gasteiger partial charge in [-0.05, 0) is 35.6 Å². The van der Waals surface area contributed by atoms with Crippen molar-refractivity contribution < 1.29 is 19.8 Å². The third-order valence-corrected chi connectivity index (χ3v) is 6.35. The lowest BCUT2D eigenvalue weighted by molar-refractivity contribution is -0.145. The molecule has 0 saturated heterocycles. The van der Waals surface area contributed by atoms with Crippen LogP contribution >= 0.6 is 11.3 Å². The standard InChI is InChI=1S/C23H22N2O4S/c26-13-15-4-3-7-16(8-15)19-14-30-20(25-19)12-24-22(29)23(11-21(27)28)9-17-5-1-2-6-18(17)10-23/h1-8,14,26H,9-13H2,(H,24,29)(H,27,28). The van der Waals surface area contributed by atoms with E-state index in [1.54, 1.807) is 0 Å². The van der Waals surface area contributed by atoms with Crippen LogP contribution in [0, 0.1) is 5.41 Å². The molecule has 0 bridgehead atoms. The number of aromatic nitrogens is 1. The third-order valence-electron chi connectivity index (χ3n) is 5.50. The Labute approximate surface area is 178 Å². The van der Waals surface area contributed by atoms with Crippen molar-refractivity contribution in [2.45, 2.75) is 32.4 Å². The molecule has 0 atom stereocenters. The second-order valence-electron chi connectivity index (χ2n) is 7.64. The van der Waals surface area contributed by atoms with E-state index in [1.165, 1.54) is 11.3 Å². The van der Waals surface area contributed by atoms with Gasteiger partial charge in [-0.2, -0.15) is 0 Å². The predicted molar refractivity (Wildman–Crippen MR) is 114 cm³/mol. The van der Waals surface area contributed by atoms with Gasteiger partial charge in [0.25, 0.3) is 0 Å². The molecule has 0 radical (unpaired) electrons. The SMILES string of the molecule is O=C(O)CC1(C(=O)NCc2nc(-c3cccc(CO)c3)cs2)Cc2ccccc2C1. The highest BCUT2D eigenvalue weighted by atomic mass is 32.1. The van der Waals surface area contributed by atoms with Crippen LogP contribution in [0.15, 0.2) is 53.9 Å². The van der Waals surface area contributed by atoms with Crippen LogP contribution in [0.1, 0.15) is 28.1 Å². The van der Waals surface area contributed by atoms with Crippen LogP contribution in [0.5, 0.6) is 0 Å². The molecule has 0 unspecified atom stereocenters. The molecule has 0 saturated carbocycles. The predicted octanol–water partition coefficient (Wildman–Crippen LogP) is 3.18. The molecule has 1 heterocycles. The van der Waals surface area contributed by atoms with Crippen LogP contribution in [0.4, 0.5) is 0 Å². The molecule has 0 fully saturated rings. The maximum Gasteiger partial charge on any atom is 0.304 e. The molecule has 6 nitrogen and oxygen atoms in total. The second kappa shape index (κ2) is 8.38. The van der Waals surface area contributed by atoms with Crippen LogP contribution < -0.4 is 5.32 Å². The van der Waals surface area contributed by atoms with Crippen molar-refractivity contribution in [3.05, 3.63) is 75.6 Å². The van der Waals surface area contributed by atoms with Crippen LogP contribution in [0.3, 0.4) is 0 Å². The molecule has 0 spiro atoms. The summed E-state index contributed by atoms with van der Waals surface area (Å²) < 4.78 is 0. The number of carbonyl (C=O) groups excluding carboxylic acids is 1. The van der Waals surface area contributed by atoms with E-state index >= 15 is 0 Å². The third kappa shape index (κ3) is 4.13. The van der Waals surface area contributed by atoms with Gasteiger partial charge in [-0.15, -0.1) is 11.3 Å². The molecule has 1 aromatic heterocycles. The van der Waals surface area contributed by atoms with Gasteiger partial charge < -0.3 is 15.5 Å². The summed E-state index contributed by atoms with van der Waals surface area (Å²) in [5.41, 5.74) is 3.61. The molecule has 4 rings (SSSR count). The number of aliphatic hydroxyl groups is 1. The van der Waals surface area contributed by atoms with Gasteiger partial charge in [0.2, 0.25) is 5.91 Å². The lowest BCUT2D eigenvalue weighted by atomic mass is 9.80. The molecule has 1 amide bonds. The van der Waals surface area contributed by atoms with Crippen LogP contribution in [0.2, 0.25) is 0 Å². The molecule has 3 N–H and O–H groups in total. The number of amides is 1. The summed E-state index contributed by atoms with van der Waals surface area (Å²) in [5.74, 6) is -1.22. The Morgan fingerprint density at radius 3 is 2.50 bits per heavy atom. The minimum absolute atomic E-state index is 0.0328. The fourth-order valence-electron chi connectivity index (χ4n) is 4.05. The zero-order chi connectivity index (χ0) is 21.1. The summed E-state index contributed by atoms with van der Waals surface area (Å²) >= 11 is 1.44. The Hall–Kier alpha value is -3.03. The van der Waals surface area contributed by atoms with E-state index in [0.717, 1.165) is 33.0 Å². The largest absolute Gasteiger partial charge is 0.481 e. The Kier molecular flexibility index (Phi) is 5.65. The Bertz CT molecular complexity index is 1070. The molecule has 154 valence electrons. The normalized spacial score (nSPS) is 14.3. The smallest absolute Gasteiger partial charge is 0.304 e. The molecule has 1 aliphatic carbocycles. The summed E-state index contributed by atoms with van der Waals surface area (Å²) in [6.45, 7) is 0.218. The molecule has 0 aliphatic heterocycles. The number of hydrogen-bond donors (Lipinski definition) is 3. The first-order valence-corrected chi connectivity index (χ1v) is 10.6. The number of rotatable bonds is 7. The number of nitrogens with zero attached hydrogens (tertiary/aromatic N) is 1. The first-order valence-electron chi connectivity index (χ1n) is 9.70. The van der Waals surface area contributed by atoms with Gasteiger partial charge in [-0.3, -0.25) is 9.59 Å². The van der Waals surface area contributed by atoms with E-state index in [9.17, 15) is 19.8 Å². The minimum atomic E-state index is -0.974. The zero-order valence-electron chi connectivity index (χ0n) is 16.3. The van der Waals surface area contributed by atoms with Crippen molar-refractivity contribution in [1.82, 2.24) is 10.3 Å². The zero-order valence-corrected chi connectivity index (χ0v) is 17.1. The highest BCUT2D eigenvalue weighted by molar-refractivity contribution is 7.09. The van der Waals surface area contributed by atoms with Gasteiger partial charge in [0, 0.05) is 10.9 Å². The number of benzene rings is 2. The highest BCUT2D eigenvalue weighted by Crippen LogP contribution is 2.40. The Morgan fingerprint density at radius 2 is 1.83 bits per heavy atom. The summed E-state index contributed by atoms with van der Waals surface area (Å²) in [6, 6.07) is 15.3. The number of thiazole rings is 1. The van der Waals surface area contributed by atoms with Crippen molar-refractivity contribution in [2.75, 3.05) is 0 Å². The number of fused-ring (bicyclic) bond motifs is 1. The summed E-state index contributed by atoms with van der Waals surface area (Å²) in [4.78, 5) is 29.2. The number of carboxylic acid groups (broad SMARTS) is 1. The van der Waals surface area contributed by atoms with E-state index in [2.05, 4.69) is 10.3 Å². The molecule has 1 aliphatic rings. The highest BCUT2D eigenvalue weighted by Gasteiger charge is 2.45. The van der Waals surface area contributed by atoms with E-state index < -0.39 is 11.4 Å². The van der Waals surface area contributed by atoms with Gasteiger partial charge >= 0.3 is 5.97 Å². The minimum Gasteiger partial charge on any atom is -0.481 e. The quantitative estimate of drug-likeness (QED) is 0.543. The second-order valence-corrected chi connectivity index (χ2v) is 8.58. The molecule has 7 heteroatoms. The molecule has 3 aromatic rings. The van der Waals surface area contributed by atoms with Crippen molar-refractivity contribution in [3.8, 4) is 11.3 Å². The van der Waals surface area contributed by atoms with Gasteiger partial charge in [0.1, 0.15) is 5.01 Å². The van der Waals surface area contributed by atoms with Crippen LogP contribution in [-0.4, -0.2) is 27.1 Å². The molecule has 30 heavy (non-hydrogen) atoms. The van der Waals surface area contributed by atoms with E-state index in [0.29, 0.717) is 12.8 Å². The van der Waals surface area contributed by atoms with Gasteiger partial charge in [0.15, 0.2) is 0 Å². The van der Waals surface area contributed by atoms with Crippen LogP contribution in [-0.2, 0) is 35.6 Å². The van der Waals surface area contributed by atoms with E-state index in [1.807, 2.05) is 53.9 Å². The van der Waals surface area contributed by atoms with Gasteiger partial charge in [-0.1, -0.05) is 42.5 Å². The summed E-state index contributed by atoms with van der Waals surface area (Å²) in [6.07, 6.45) is 0.654. The number of aliphatic hydroxyl groups excluding tert-OH is 1. The number of nitrogens with one attached hydrogen (secondary N) is 1. The maximum atomic E-state index is 13.1. The molecular formula is C23H22N2O4S. The lowest BCUT2D eigenvalue weighted by Crippen LogP contribution is -2.43. The van der Waals surface area contributed by atoms with Crippen molar-refractivity contribution in [2.24, 2.45) is 5.41 Å². The van der Waals surface area contributed by atoms with Gasteiger partial charge in [-0.25, -0.2) is 4.98 Å². The lowest BCUT2D eigenvalue weighted by Gasteiger charge is -2.25. The number of carboxylic acids is 1. The number of aliphatic carboxylic acids is 1. The Morgan fingerprint density at radius 1 is 1.10 bits per heavy atom. The Balaban J connectivity index is 1.47. The monoisotopic (exact) mass is 422 g/mol. The topological polar surface area (TPSA) is 99.5 Å². The van der Waals surface area contributed by atoms with Crippen molar-refractivity contribution >= 4 is 23.2 Å². The van der Waals surface area contributed by atoms with E-state index in [-0.39, 0.29) is 25.5 Å². The fourth-order valence-corrected chi connectivity index (χ4v) is 4.79. The first-order chi connectivity index (χ1) is 14.5. The van der Waals surface area contributed by atoms with Crippen molar-refractivity contribution in [3.63, 3.8) is 0 Å². The maximum absolute atomic E-state index is 13.1. The molecular weight excluding hydrogens is 400 g/mol. The average Bonchev–Trinajstić information content (AvgIpc) is 3.36. The number of hydrogen-bond acceptors (Lipinski definition) is 5. The van der Waals surface area contributed by atoms with E-state index in [4.69, 9.17) is 0 Å². The first kappa shape index (κ1) is 20.3. The summed E-state index contributed by atoms with van der Waals surface area (Å²) in [5, 5.41) is 24.3. The number of carbonyl (C=O) groups is 2.